The van der Waals surface area contributed by atoms with E-state index < -0.39 is 18.0 Å². The molecule has 1 fully saturated rings. The van der Waals surface area contributed by atoms with Gasteiger partial charge in [-0.1, -0.05) is 6.07 Å². The summed E-state index contributed by atoms with van der Waals surface area (Å²) in [5.74, 6) is -1.62. The maximum absolute atomic E-state index is 12.8. The number of hydrogen-bond acceptors (Lipinski definition) is 3. The Bertz CT molecular complexity index is 531. The first-order valence-corrected chi connectivity index (χ1v) is 6.63. The summed E-state index contributed by atoms with van der Waals surface area (Å²) in [4.78, 5) is 13.6. The molecule has 1 heterocycles. The van der Waals surface area contributed by atoms with E-state index in [-0.39, 0.29) is 24.2 Å². The minimum atomic E-state index is -4.28. The van der Waals surface area contributed by atoms with Crippen molar-refractivity contribution in [1.82, 2.24) is 4.90 Å². The normalized spacial score (nSPS) is 19.4. The fourth-order valence-electron chi connectivity index (χ4n) is 2.51. The molecule has 1 aromatic rings. The molecule has 21 heavy (non-hydrogen) atoms. The minimum absolute atomic E-state index is 0.0564. The molecule has 1 aromatic carbocycles. The van der Waals surface area contributed by atoms with Gasteiger partial charge in [0.05, 0.1) is 24.3 Å². The molecule has 2 rings (SSSR count). The highest BCUT2D eigenvalue weighted by Gasteiger charge is 2.42. The van der Waals surface area contributed by atoms with Crippen LogP contribution in [-0.4, -0.2) is 37.2 Å². The predicted octanol–water partition coefficient (Wildman–Crippen LogP) is 2.69. The number of amides is 1. The lowest BCUT2D eigenvalue weighted by Crippen LogP contribution is -2.44. The van der Waals surface area contributed by atoms with Crippen molar-refractivity contribution in [2.75, 3.05) is 25.9 Å². The summed E-state index contributed by atoms with van der Waals surface area (Å²) in [6.07, 6.45) is -3.89. The Labute approximate surface area is 120 Å². The molecular formula is C14H17F3N2O2. The average Bonchev–Trinajstić information content (AvgIpc) is 2.46. The molecular weight excluding hydrogens is 285 g/mol. The molecule has 0 spiro atoms. The second-order valence-corrected chi connectivity index (χ2v) is 5.05. The molecule has 1 saturated heterocycles. The van der Waals surface area contributed by atoms with Gasteiger partial charge in [-0.3, -0.25) is 4.79 Å². The van der Waals surface area contributed by atoms with Crippen LogP contribution < -0.4 is 10.5 Å². The monoisotopic (exact) mass is 302 g/mol. The van der Waals surface area contributed by atoms with Crippen LogP contribution in [-0.2, 0) is 0 Å². The van der Waals surface area contributed by atoms with Gasteiger partial charge >= 0.3 is 6.18 Å². The van der Waals surface area contributed by atoms with Crippen LogP contribution in [0.4, 0.5) is 18.9 Å². The highest BCUT2D eigenvalue weighted by Crippen LogP contribution is 2.34. The lowest BCUT2D eigenvalue weighted by molar-refractivity contribution is -0.184. The summed E-state index contributed by atoms with van der Waals surface area (Å²) in [7, 11) is 1.42. The lowest BCUT2D eigenvalue weighted by atomic mass is 9.96. The Kier molecular flexibility index (Phi) is 4.29. The van der Waals surface area contributed by atoms with Crippen LogP contribution in [0.2, 0.25) is 0 Å². The number of carbonyl (C=O) groups is 1. The molecule has 4 nitrogen and oxygen atoms in total. The van der Waals surface area contributed by atoms with Gasteiger partial charge in [0.1, 0.15) is 5.75 Å². The van der Waals surface area contributed by atoms with Crippen molar-refractivity contribution in [3.8, 4) is 5.75 Å². The summed E-state index contributed by atoms with van der Waals surface area (Å²) in [5, 5.41) is 0. The summed E-state index contributed by atoms with van der Waals surface area (Å²) in [6.45, 7) is -0.0129. The Morgan fingerprint density at radius 2 is 2.14 bits per heavy atom. The Morgan fingerprint density at radius 3 is 2.76 bits per heavy atom. The standard InChI is InChI=1S/C14H17F3N2O2/c1-21-11-6-2-5-10(12(11)18)13(20)19-7-3-4-9(8-19)14(15,16)17/h2,5-6,9H,3-4,7-8,18H2,1H3. The zero-order valence-electron chi connectivity index (χ0n) is 11.6. The number of likely N-dealkylation sites (tertiary alicyclic amines) is 1. The van der Waals surface area contributed by atoms with Crippen molar-refractivity contribution in [2.24, 2.45) is 5.92 Å². The van der Waals surface area contributed by atoms with E-state index >= 15 is 0 Å². The third-order valence-electron chi connectivity index (χ3n) is 3.69. The fraction of sp³-hybridized carbons (Fsp3) is 0.500. The lowest BCUT2D eigenvalue weighted by Gasteiger charge is -2.34. The van der Waals surface area contributed by atoms with Crippen LogP contribution >= 0.6 is 0 Å². The fourth-order valence-corrected chi connectivity index (χ4v) is 2.51. The zero-order valence-corrected chi connectivity index (χ0v) is 11.6. The number of piperidine rings is 1. The van der Waals surface area contributed by atoms with Crippen LogP contribution in [0.3, 0.4) is 0 Å². The Morgan fingerprint density at radius 1 is 1.43 bits per heavy atom. The molecule has 116 valence electrons. The second-order valence-electron chi connectivity index (χ2n) is 5.05. The van der Waals surface area contributed by atoms with Crippen molar-refractivity contribution in [1.29, 1.82) is 0 Å². The van der Waals surface area contributed by atoms with Crippen LogP contribution in [0, 0.1) is 5.92 Å². The summed E-state index contributed by atoms with van der Waals surface area (Å²) >= 11 is 0. The van der Waals surface area contributed by atoms with Gasteiger partial charge < -0.3 is 15.4 Å². The number of nitrogens with zero attached hydrogens (tertiary/aromatic N) is 1. The van der Waals surface area contributed by atoms with E-state index in [4.69, 9.17) is 10.5 Å². The highest BCUT2D eigenvalue weighted by atomic mass is 19.4. The van der Waals surface area contributed by atoms with E-state index in [9.17, 15) is 18.0 Å². The summed E-state index contributed by atoms with van der Waals surface area (Å²) in [5.41, 5.74) is 6.16. The van der Waals surface area contributed by atoms with Crippen molar-refractivity contribution in [3.05, 3.63) is 23.8 Å². The molecule has 1 unspecified atom stereocenters. The van der Waals surface area contributed by atoms with Crippen LogP contribution in [0.25, 0.3) is 0 Å². The van der Waals surface area contributed by atoms with Gasteiger partial charge in [0.2, 0.25) is 0 Å². The van der Waals surface area contributed by atoms with Crippen LogP contribution in [0.15, 0.2) is 18.2 Å². The first-order valence-electron chi connectivity index (χ1n) is 6.63. The van der Waals surface area contributed by atoms with Gasteiger partial charge in [0.25, 0.3) is 5.91 Å². The number of halogens is 3. The van der Waals surface area contributed by atoms with Crippen LogP contribution in [0.5, 0.6) is 5.75 Å². The van der Waals surface area contributed by atoms with E-state index in [1.165, 1.54) is 18.1 Å². The van der Waals surface area contributed by atoms with Gasteiger partial charge in [0.15, 0.2) is 0 Å². The average molecular weight is 302 g/mol. The second kappa shape index (κ2) is 5.83. The van der Waals surface area contributed by atoms with Crippen molar-refractivity contribution in [3.63, 3.8) is 0 Å². The SMILES string of the molecule is COc1cccc(C(=O)N2CCCC(C(F)(F)F)C2)c1N. The maximum atomic E-state index is 12.8. The Hall–Kier alpha value is -1.92. The molecule has 0 saturated carbocycles. The molecule has 0 radical (unpaired) electrons. The summed E-state index contributed by atoms with van der Waals surface area (Å²) in [6, 6.07) is 4.69. The number of anilines is 1. The van der Waals surface area contributed by atoms with Gasteiger partial charge in [0, 0.05) is 13.1 Å². The molecule has 1 aliphatic heterocycles. The smallest absolute Gasteiger partial charge is 0.393 e. The van der Waals surface area contributed by atoms with E-state index in [0.29, 0.717) is 18.7 Å². The van der Waals surface area contributed by atoms with E-state index in [1.807, 2.05) is 0 Å². The number of para-hydroxylation sites is 1. The minimum Gasteiger partial charge on any atom is -0.495 e. The van der Waals surface area contributed by atoms with Crippen LogP contribution in [0.1, 0.15) is 23.2 Å². The molecule has 1 atom stereocenters. The molecule has 1 aliphatic rings. The molecule has 1 amide bonds. The number of rotatable bonds is 2. The molecule has 0 bridgehead atoms. The number of nitrogen functional groups attached to an aromatic ring is 1. The predicted molar refractivity (Wildman–Crippen MR) is 72.1 cm³/mol. The first kappa shape index (κ1) is 15.5. The van der Waals surface area contributed by atoms with E-state index in [1.54, 1.807) is 12.1 Å². The number of methoxy groups -OCH3 is 1. The molecule has 0 aromatic heterocycles. The van der Waals surface area contributed by atoms with Gasteiger partial charge in [-0.15, -0.1) is 0 Å². The van der Waals surface area contributed by atoms with Crippen molar-refractivity contribution in [2.45, 2.75) is 19.0 Å². The molecule has 0 aliphatic carbocycles. The zero-order chi connectivity index (χ0) is 15.6. The van der Waals surface area contributed by atoms with Gasteiger partial charge in [-0.25, -0.2) is 0 Å². The third kappa shape index (κ3) is 3.22. The largest absolute Gasteiger partial charge is 0.495 e. The number of nitrogens with two attached hydrogens (primary N) is 1. The number of alkyl halides is 3. The number of ether oxygens (including phenoxy) is 1. The Balaban J connectivity index is 2.20. The number of hydrogen-bond donors (Lipinski definition) is 1. The van der Waals surface area contributed by atoms with Crippen molar-refractivity contribution < 1.29 is 22.7 Å². The molecule has 2 N–H and O–H groups in total. The van der Waals surface area contributed by atoms with Gasteiger partial charge in [-0.05, 0) is 25.0 Å². The quantitative estimate of drug-likeness (QED) is 0.855. The maximum Gasteiger partial charge on any atom is 0.393 e. The van der Waals surface area contributed by atoms with E-state index in [0.717, 1.165) is 0 Å². The first-order chi connectivity index (χ1) is 9.84. The number of benzene rings is 1. The number of carbonyl (C=O) groups excluding carboxylic acids is 1. The summed E-state index contributed by atoms with van der Waals surface area (Å²) < 4.78 is 43.4. The highest BCUT2D eigenvalue weighted by molar-refractivity contribution is 6.00. The van der Waals surface area contributed by atoms with Gasteiger partial charge in [-0.2, -0.15) is 13.2 Å². The molecule has 7 heteroatoms. The topological polar surface area (TPSA) is 55.6 Å². The van der Waals surface area contributed by atoms with Crippen molar-refractivity contribution >= 4 is 11.6 Å². The third-order valence-corrected chi connectivity index (χ3v) is 3.69. The van der Waals surface area contributed by atoms with E-state index in [2.05, 4.69) is 0 Å².